The molecule has 2 N–H and O–H groups in total. The molecular weight excluding hydrogens is 220 g/mol. The standard InChI is InChI=1S/C13H16O4/c1-4-12(17-13(16)8(2)3)9-5-6-10(14)11(15)7-9/h5-7,12,14-15H,2,4H2,1,3H3. The van der Waals surface area contributed by atoms with E-state index in [4.69, 9.17) is 4.74 Å². The molecule has 0 radical (unpaired) electrons. The summed E-state index contributed by atoms with van der Waals surface area (Å²) in [6.07, 6.45) is 0.120. The summed E-state index contributed by atoms with van der Waals surface area (Å²) >= 11 is 0. The zero-order chi connectivity index (χ0) is 13.0. The fourth-order valence-electron chi connectivity index (χ4n) is 1.36. The van der Waals surface area contributed by atoms with Gasteiger partial charge in [0.2, 0.25) is 0 Å². The minimum atomic E-state index is -0.468. The van der Waals surface area contributed by atoms with E-state index in [0.29, 0.717) is 17.6 Å². The van der Waals surface area contributed by atoms with Gasteiger partial charge in [0, 0.05) is 5.57 Å². The van der Waals surface area contributed by atoms with Crippen molar-refractivity contribution < 1.29 is 19.7 Å². The second-order valence-corrected chi connectivity index (χ2v) is 3.83. The van der Waals surface area contributed by atoms with Crippen LogP contribution in [-0.4, -0.2) is 16.2 Å². The third kappa shape index (κ3) is 3.24. The zero-order valence-corrected chi connectivity index (χ0v) is 9.93. The number of ether oxygens (including phenoxy) is 1. The molecule has 1 unspecified atom stereocenters. The number of phenolic OH excluding ortho intramolecular Hbond substituents is 2. The van der Waals surface area contributed by atoms with Gasteiger partial charge >= 0.3 is 5.97 Å². The van der Waals surface area contributed by atoms with Gasteiger partial charge < -0.3 is 14.9 Å². The van der Waals surface area contributed by atoms with E-state index in [-0.39, 0.29) is 11.5 Å². The maximum Gasteiger partial charge on any atom is 0.333 e. The van der Waals surface area contributed by atoms with E-state index in [1.807, 2.05) is 6.92 Å². The molecule has 0 heterocycles. The van der Waals surface area contributed by atoms with Gasteiger partial charge in [0.05, 0.1) is 0 Å². The Bertz CT molecular complexity index is 437. The normalized spacial score (nSPS) is 11.9. The van der Waals surface area contributed by atoms with Gasteiger partial charge in [-0.3, -0.25) is 0 Å². The molecule has 92 valence electrons. The molecule has 0 aliphatic carbocycles. The van der Waals surface area contributed by atoms with Gasteiger partial charge in [-0.1, -0.05) is 19.6 Å². The van der Waals surface area contributed by atoms with Crippen molar-refractivity contribution in [1.82, 2.24) is 0 Å². The van der Waals surface area contributed by atoms with Crippen LogP contribution in [0.4, 0.5) is 0 Å². The highest BCUT2D eigenvalue weighted by molar-refractivity contribution is 5.87. The van der Waals surface area contributed by atoms with Crippen LogP contribution >= 0.6 is 0 Å². The van der Waals surface area contributed by atoms with E-state index in [1.54, 1.807) is 13.0 Å². The molecule has 1 aromatic carbocycles. The van der Waals surface area contributed by atoms with Gasteiger partial charge in [-0.05, 0) is 31.0 Å². The molecule has 0 spiro atoms. The number of hydrogen-bond acceptors (Lipinski definition) is 4. The zero-order valence-electron chi connectivity index (χ0n) is 9.93. The van der Waals surface area contributed by atoms with Crippen molar-refractivity contribution in [3.8, 4) is 11.5 Å². The third-order valence-electron chi connectivity index (χ3n) is 2.34. The lowest BCUT2D eigenvalue weighted by molar-refractivity contribution is -0.144. The Kier molecular flexibility index (Phi) is 4.15. The first kappa shape index (κ1) is 13.1. The number of carbonyl (C=O) groups excluding carboxylic acids is 1. The summed E-state index contributed by atoms with van der Waals surface area (Å²) < 4.78 is 5.21. The quantitative estimate of drug-likeness (QED) is 0.479. The number of esters is 1. The summed E-state index contributed by atoms with van der Waals surface area (Å²) in [5, 5.41) is 18.6. The number of aromatic hydroxyl groups is 2. The van der Waals surface area contributed by atoms with Crippen LogP contribution in [0.3, 0.4) is 0 Å². The van der Waals surface area contributed by atoms with E-state index >= 15 is 0 Å². The Morgan fingerprint density at radius 1 is 1.41 bits per heavy atom. The Hall–Kier alpha value is -1.97. The Morgan fingerprint density at radius 2 is 2.06 bits per heavy atom. The van der Waals surface area contributed by atoms with Crippen molar-refractivity contribution in [3.63, 3.8) is 0 Å². The molecule has 0 bridgehead atoms. The average Bonchev–Trinajstić information content (AvgIpc) is 2.29. The summed E-state index contributed by atoms with van der Waals surface area (Å²) in [5.74, 6) is -0.897. The van der Waals surface area contributed by atoms with Gasteiger partial charge in [-0.2, -0.15) is 0 Å². The van der Waals surface area contributed by atoms with Gasteiger partial charge in [-0.25, -0.2) is 4.79 Å². The van der Waals surface area contributed by atoms with Crippen LogP contribution in [0.15, 0.2) is 30.4 Å². The topological polar surface area (TPSA) is 66.8 Å². The molecule has 0 fully saturated rings. The van der Waals surface area contributed by atoms with Gasteiger partial charge in [0.15, 0.2) is 11.5 Å². The molecule has 17 heavy (non-hydrogen) atoms. The van der Waals surface area contributed by atoms with Gasteiger partial charge in [-0.15, -0.1) is 0 Å². The molecule has 1 aromatic rings. The molecule has 0 aromatic heterocycles. The van der Waals surface area contributed by atoms with Crippen LogP contribution in [0.1, 0.15) is 31.9 Å². The number of benzene rings is 1. The summed E-state index contributed by atoms with van der Waals surface area (Å²) in [5.41, 5.74) is 0.962. The lowest BCUT2D eigenvalue weighted by atomic mass is 10.1. The van der Waals surface area contributed by atoms with Crippen molar-refractivity contribution in [3.05, 3.63) is 35.9 Å². The SMILES string of the molecule is C=C(C)C(=O)OC(CC)c1ccc(O)c(O)c1. The average molecular weight is 236 g/mol. The van der Waals surface area contributed by atoms with Crippen LogP contribution < -0.4 is 0 Å². The lowest BCUT2D eigenvalue weighted by Crippen LogP contribution is -2.11. The van der Waals surface area contributed by atoms with Crippen molar-refractivity contribution >= 4 is 5.97 Å². The van der Waals surface area contributed by atoms with E-state index in [1.165, 1.54) is 12.1 Å². The highest BCUT2D eigenvalue weighted by Crippen LogP contribution is 2.30. The molecule has 4 nitrogen and oxygen atoms in total. The fourth-order valence-corrected chi connectivity index (χ4v) is 1.36. The lowest BCUT2D eigenvalue weighted by Gasteiger charge is -2.17. The van der Waals surface area contributed by atoms with E-state index in [0.717, 1.165) is 0 Å². The van der Waals surface area contributed by atoms with Gasteiger partial charge in [0.25, 0.3) is 0 Å². The highest BCUT2D eigenvalue weighted by atomic mass is 16.5. The first-order valence-corrected chi connectivity index (χ1v) is 5.34. The first-order chi connectivity index (χ1) is 7.95. The molecule has 1 rings (SSSR count). The monoisotopic (exact) mass is 236 g/mol. The maximum atomic E-state index is 11.4. The number of hydrogen-bond donors (Lipinski definition) is 2. The molecule has 0 aliphatic heterocycles. The smallest absolute Gasteiger partial charge is 0.333 e. The minimum Gasteiger partial charge on any atom is -0.504 e. The summed E-state index contributed by atoms with van der Waals surface area (Å²) in [6.45, 7) is 6.94. The molecule has 0 aliphatic rings. The summed E-state index contributed by atoms with van der Waals surface area (Å²) in [4.78, 5) is 11.4. The van der Waals surface area contributed by atoms with Crippen LogP contribution in [-0.2, 0) is 9.53 Å². The first-order valence-electron chi connectivity index (χ1n) is 5.34. The fraction of sp³-hybridized carbons (Fsp3) is 0.308. The molecule has 1 atom stereocenters. The van der Waals surface area contributed by atoms with Gasteiger partial charge in [0.1, 0.15) is 6.10 Å². The van der Waals surface area contributed by atoms with Crippen molar-refractivity contribution in [2.24, 2.45) is 0 Å². The predicted molar refractivity (Wildman–Crippen MR) is 63.7 cm³/mol. The Labute approximate surface area is 100 Å². The van der Waals surface area contributed by atoms with E-state index in [9.17, 15) is 15.0 Å². The second kappa shape index (κ2) is 5.39. The minimum absolute atomic E-state index is 0.199. The third-order valence-corrected chi connectivity index (χ3v) is 2.34. The molecule has 0 saturated heterocycles. The molecule has 0 saturated carbocycles. The Morgan fingerprint density at radius 3 is 2.53 bits per heavy atom. The van der Waals surface area contributed by atoms with E-state index < -0.39 is 12.1 Å². The molecular formula is C13H16O4. The van der Waals surface area contributed by atoms with E-state index in [2.05, 4.69) is 6.58 Å². The Balaban J connectivity index is 2.90. The predicted octanol–water partition coefficient (Wildman–Crippen LogP) is 2.67. The summed E-state index contributed by atoms with van der Waals surface area (Å²) in [7, 11) is 0. The highest BCUT2D eigenvalue weighted by Gasteiger charge is 2.16. The largest absolute Gasteiger partial charge is 0.504 e. The number of phenols is 2. The van der Waals surface area contributed by atoms with Crippen molar-refractivity contribution in [1.29, 1.82) is 0 Å². The second-order valence-electron chi connectivity index (χ2n) is 3.83. The number of carbonyl (C=O) groups is 1. The van der Waals surface area contributed by atoms with Crippen molar-refractivity contribution in [2.75, 3.05) is 0 Å². The van der Waals surface area contributed by atoms with Crippen molar-refractivity contribution in [2.45, 2.75) is 26.4 Å². The molecule has 4 heteroatoms. The van der Waals surface area contributed by atoms with Crippen LogP contribution in [0.5, 0.6) is 11.5 Å². The van der Waals surface area contributed by atoms with Crippen LogP contribution in [0.25, 0.3) is 0 Å². The number of rotatable bonds is 4. The van der Waals surface area contributed by atoms with Crippen LogP contribution in [0, 0.1) is 0 Å². The molecule has 0 amide bonds. The van der Waals surface area contributed by atoms with Crippen LogP contribution in [0.2, 0.25) is 0 Å². The maximum absolute atomic E-state index is 11.4. The summed E-state index contributed by atoms with van der Waals surface area (Å²) in [6, 6.07) is 4.35.